The maximum absolute atomic E-state index is 5.85. The molecule has 2 unspecified atom stereocenters. The molecule has 0 spiro atoms. The summed E-state index contributed by atoms with van der Waals surface area (Å²) < 4.78 is 5.85. The molecule has 2 aromatic carbocycles. The van der Waals surface area contributed by atoms with E-state index in [2.05, 4.69) is 83.7 Å². The zero-order valence-corrected chi connectivity index (χ0v) is 17.4. The molecular weight excluding hydrogens is 356 g/mol. The molecule has 0 saturated heterocycles. The number of H-pyrrole nitrogens is 1. The van der Waals surface area contributed by atoms with Crippen LogP contribution in [0.3, 0.4) is 0 Å². The van der Waals surface area contributed by atoms with Crippen LogP contribution in [0.1, 0.15) is 30.9 Å². The lowest BCUT2D eigenvalue weighted by Gasteiger charge is -2.34. The normalized spacial score (nSPS) is 19.8. The van der Waals surface area contributed by atoms with Crippen LogP contribution in [0.2, 0.25) is 0 Å². The van der Waals surface area contributed by atoms with Crippen LogP contribution in [0.5, 0.6) is 0 Å². The van der Waals surface area contributed by atoms with Gasteiger partial charge in [0.15, 0.2) is 0 Å². The van der Waals surface area contributed by atoms with Gasteiger partial charge in [-0.2, -0.15) is 0 Å². The van der Waals surface area contributed by atoms with Crippen LogP contribution < -0.4 is 0 Å². The molecule has 29 heavy (non-hydrogen) atoms. The number of aromatic amines is 1. The summed E-state index contributed by atoms with van der Waals surface area (Å²) in [6, 6.07) is 19.5. The number of rotatable bonds is 9. The molecule has 2 atom stereocenters. The number of fused-ring (bicyclic) bond motifs is 1. The highest BCUT2D eigenvalue weighted by molar-refractivity contribution is 5.83. The average molecular weight is 389 g/mol. The Morgan fingerprint density at radius 3 is 2.76 bits per heavy atom. The van der Waals surface area contributed by atoms with Gasteiger partial charge in [-0.05, 0) is 49.3 Å². The van der Waals surface area contributed by atoms with Crippen molar-refractivity contribution in [3.63, 3.8) is 0 Å². The molecule has 3 heteroatoms. The molecular formula is C26H32N2O. The molecule has 0 saturated carbocycles. The smallest absolute Gasteiger partial charge is 0.0716 e. The minimum absolute atomic E-state index is 0.519. The van der Waals surface area contributed by atoms with Gasteiger partial charge in [-0.15, -0.1) is 0 Å². The van der Waals surface area contributed by atoms with E-state index in [0.29, 0.717) is 12.0 Å². The topological polar surface area (TPSA) is 28.3 Å². The number of nitrogens with zero attached hydrogens (tertiary/aromatic N) is 1. The van der Waals surface area contributed by atoms with E-state index in [4.69, 9.17) is 4.74 Å². The van der Waals surface area contributed by atoms with Crippen molar-refractivity contribution in [2.45, 2.75) is 38.8 Å². The van der Waals surface area contributed by atoms with E-state index in [0.717, 1.165) is 39.1 Å². The zero-order valence-electron chi connectivity index (χ0n) is 17.4. The summed E-state index contributed by atoms with van der Waals surface area (Å²) in [5, 5.41) is 1.36. The van der Waals surface area contributed by atoms with Crippen LogP contribution in [0.25, 0.3) is 10.9 Å². The van der Waals surface area contributed by atoms with Gasteiger partial charge in [-0.3, -0.25) is 4.90 Å². The van der Waals surface area contributed by atoms with Crippen molar-refractivity contribution >= 4 is 10.9 Å². The summed E-state index contributed by atoms with van der Waals surface area (Å²) in [7, 11) is 0. The van der Waals surface area contributed by atoms with Crippen molar-refractivity contribution in [2.75, 3.05) is 19.7 Å². The lowest BCUT2D eigenvalue weighted by molar-refractivity contribution is 0.111. The zero-order chi connectivity index (χ0) is 19.9. The van der Waals surface area contributed by atoms with Crippen LogP contribution in [0.4, 0.5) is 0 Å². The molecule has 152 valence electrons. The largest absolute Gasteiger partial charge is 0.377 e. The average Bonchev–Trinajstić information content (AvgIpc) is 3.17. The Hall–Kier alpha value is -2.36. The molecule has 4 rings (SSSR count). The first-order valence-electron chi connectivity index (χ1n) is 10.9. The fourth-order valence-electron chi connectivity index (χ4n) is 4.26. The fraction of sp³-hybridized carbons (Fsp3) is 0.385. The molecule has 1 N–H and O–H groups in total. The second-order valence-corrected chi connectivity index (χ2v) is 8.17. The van der Waals surface area contributed by atoms with Crippen LogP contribution in [0.15, 0.2) is 72.9 Å². The maximum Gasteiger partial charge on any atom is 0.0716 e. The van der Waals surface area contributed by atoms with E-state index >= 15 is 0 Å². The molecule has 1 aliphatic rings. The van der Waals surface area contributed by atoms with Gasteiger partial charge in [0.1, 0.15) is 0 Å². The van der Waals surface area contributed by atoms with Crippen molar-refractivity contribution in [1.29, 1.82) is 0 Å². The minimum atomic E-state index is 0.519. The lowest BCUT2D eigenvalue weighted by atomic mass is 9.96. The molecule has 1 aromatic heterocycles. The standard InChI is InChI=1S/C26H32N2O/c1-21-13-14-22(10-7-17-29-20-23-8-3-2-4-9-23)19-28(21)16-15-24-18-27-26-12-6-5-11-25(24)26/h2-6,8-9,11-14,18,21-22,27H,7,10,15-17,19-20H2,1H3. The Balaban J connectivity index is 1.21. The van der Waals surface area contributed by atoms with E-state index in [9.17, 15) is 0 Å². The van der Waals surface area contributed by atoms with E-state index in [1.165, 1.54) is 28.5 Å². The van der Waals surface area contributed by atoms with Crippen molar-refractivity contribution < 1.29 is 4.74 Å². The second-order valence-electron chi connectivity index (χ2n) is 8.17. The van der Waals surface area contributed by atoms with Crippen molar-refractivity contribution in [2.24, 2.45) is 5.92 Å². The van der Waals surface area contributed by atoms with Gasteiger partial charge >= 0.3 is 0 Å². The third kappa shape index (κ3) is 5.37. The Morgan fingerprint density at radius 1 is 1.03 bits per heavy atom. The summed E-state index contributed by atoms with van der Waals surface area (Å²) in [6.07, 6.45) is 10.4. The van der Waals surface area contributed by atoms with Gasteiger partial charge in [0.05, 0.1) is 6.61 Å². The van der Waals surface area contributed by atoms with Gasteiger partial charge < -0.3 is 9.72 Å². The first-order valence-corrected chi connectivity index (χ1v) is 10.9. The minimum Gasteiger partial charge on any atom is -0.377 e. The lowest BCUT2D eigenvalue weighted by Crippen LogP contribution is -2.40. The Kier molecular flexibility index (Phi) is 6.81. The molecule has 3 aromatic rings. The summed E-state index contributed by atoms with van der Waals surface area (Å²) in [4.78, 5) is 6.02. The molecule has 1 aliphatic heterocycles. The summed E-state index contributed by atoms with van der Waals surface area (Å²) in [6.45, 7) is 6.12. The highest BCUT2D eigenvalue weighted by atomic mass is 16.5. The number of para-hydroxylation sites is 1. The van der Waals surface area contributed by atoms with Crippen molar-refractivity contribution in [3.8, 4) is 0 Å². The Morgan fingerprint density at radius 2 is 1.86 bits per heavy atom. The summed E-state index contributed by atoms with van der Waals surface area (Å²) in [5.74, 6) is 0.634. The second kappa shape index (κ2) is 9.91. The number of nitrogens with one attached hydrogen (secondary N) is 1. The van der Waals surface area contributed by atoms with E-state index < -0.39 is 0 Å². The summed E-state index contributed by atoms with van der Waals surface area (Å²) in [5.41, 5.74) is 3.91. The molecule has 0 amide bonds. The third-order valence-corrected chi connectivity index (χ3v) is 6.03. The van der Waals surface area contributed by atoms with Gasteiger partial charge in [-0.25, -0.2) is 0 Å². The first-order chi connectivity index (χ1) is 14.3. The van der Waals surface area contributed by atoms with E-state index in [1.54, 1.807) is 0 Å². The van der Waals surface area contributed by atoms with Crippen LogP contribution in [-0.2, 0) is 17.8 Å². The first kappa shape index (κ1) is 19.9. The molecule has 0 aliphatic carbocycles. The summed E-state index contributed by atoms with van der Waals surface area (Å²) >= 11 is 0. The van der Waals surface area contributed by atoms with Gasteiger partial charge in [0.2, 0.25) is 0 Å². The molecule has 0 fully saturated rings. The highest BCUT2D eigenvalue weighted by Crippen LogP contribution is 2.22. The quantitative estimate of drug-likeness (QED) is 0.383. The predicted molar refractivity (Wildman–Crippen MR) is 121 cm³/mol. The molecule has 3 nitrogen and oxygen atoms in total. The Bertz CT molecular complexity index is 915. The third-order valence-electron chi connectivity index (χ3n) is 6.03. The predicted octanol–water partition coefficient (Wildman–Crippen LogP) is 5.58. The highest BCUT2D eigenvalue weighted by Gasteiger charge is 2.20. The number of ether oxygens (including phenoxy) is 1. The van der Waals surface area contributed by atoms with Gasteiger partial charge in [0, 0.05) is 42.8 Å². The SMILES string of the molecule is CC1C=CC(CCCOCc2ccccc2)CN1CCc1c[nH]c2ccccc12. The molecule has 0 radical (unpaired) electrons. The number of hydrogen-bond donors (Lipinski definition) is 1. The van der Waals surface area contributed by atoms with Crippen LogP contribution in [-0.4, -0.2) is 35.6 Å². The number of benzene rings is 2. The Labute approximate surface area is 174 Å². The fourth-order valence-corrected chi connectivity index (χ4v) is 4.26. The molecule has 0 bridgehead atoms. The van der Waals surface area contributed by atoms with E-state index in [1.807, 2.05) is 6.07 Å². The van der Waals surface area contributed by atoms with Crippen molar-refractivity contribution in [3.05, 3.63) is 84.1 Å². The maximum atomic E-state index is 5.85. The van der Waals surface area contributed by atoms with Crippen LogP contribution in [0, 0.1) is 5.92 Å². The molecule has 2 heterocycles. The number of aromatic nitrogens is 1. The van der Waals surface area contributed by atoms with E-state index in [-0.39, 0.29) is 0 Å². The van der Waals surface area contributed by atoms with Gasteiger partial charge in [-0.1, -0.05) is 60.7 Å². The van der Waals surface area contributed by atoms with Crippen molar-refractivity contribution in [1.82, 2.24) is 9.88 Å². The van der Waals surface area contributed by atoms with Gasteiger partial charge in [0.25, 0.3) is 0 Å². The number of hydrogen-bond acceptors (Lipinski definition) is 2. The monoisotopic (exact) mass is 388 g/mol. The van der Waals surface area contributed by atoms with Crippen LogP contribution >= 0.6 is 0 Å².